The SMILES string of the molecule is CCC1CCCCN1CCNC(=NC)NCCCOCC(F)(F)F. The Morgan fingerprint density at radius 1 is 1.25 bits per heavy atom. The maximum atomic E-state index is 11.9. The third-order valence-electron chi connectivity index (χ3n) is 4.16. The van der Waals surface area contributed by atoms with Gasteiger partial charge in [0, 0.05) is 39.3 Å². The van der Waals surface area contributed by atoms with E-state index >= 15 is 0 Å². The van der Waals surface area contributed by atoms with Crippen molar-refractivity contribution in [1.82, 2.24) is 15.5 Å². The highest BCUT2D eigenvalue weighted by Gasteiger charge is 2.27. The molecule has 0 aromatic carbocycles. The van der Waals surface area contributed by atoms with E-state index in [2.05, 4.69) is 32.2 Å². The minimum absolute atomic E-state index is 0.0788. The molecule has 0 radical (unpaired) electrons. The normalized spacial score (nSPS) is 20.2. The summed E-state index contributed by atoms with van der Waals surface area (Å²) in [6, 6.07) is 0.682. The van der Waals surface area contributed by atoms with Crippen molar-refractivity contribution >= 4 is 5.96 Å². The van der Waals surface area contributed by atoms with Crippen molar-refractivity contribution in [3.05, 3.63) is 0 Å². The molecule has 1 rings (SSSR count). The van der Waals surface area contributed by atoms with Crippen LogP contribution in [0.15, 0.2) is 4.99 Å². The summed E-state index contributed by atoms with van der Waals surface area (Å²) in [6.07, 6.45) is 1.30. The van der Waals surface area contributed by atoms with Crippen LogP contribution in [0.4, 0.5) is 13.2 Å². The van der Waals surface area contributed by atoms with E-state index in [1.165, 1.54) is 25.7 Å². The molecule has 1 saturated heterocycles. The number of hydrogen-bond acceptors (Lipinski definition) is 3. The smallest absolute Gasteiger partial charge is 0.372 e. The van der Waals surface area contributed by atoms with Crippen LogP contribution in [0.5, 0.6) is 0 Å². The number of ether oxygens (including phenoxy) is 1. The van der Waals surface area contributed by atoms with Gasteiger partial charge in [-0.1, -0.05) is 13.3 Å². The second-order valence-corrected chi connectivity index (χ2v) is 6.04. The highest BCUT2D eigenvalue weighted by Crippen LogP contribution is 2.18. The van der Waals surface area contributed by atoms with E-state index in [-0.39, 0.29) is 6.61 Å². The second kappa shape index (κ2) is 11.5. The van der Waals surface area contributed by atoms with Gasteiger partial charge < -0.3 is 15.4 Å². The molecule has 2 N–H and O–H groups in total. The number of nitrogens with one attached hydrogen (secondary N) is 2. The zero-order chi connectivity index (χ0) is 17.8. The van der Waals surface area contributed by atoms with E-state index < -0.39 is 12.8 Å². The van der Waals surface area contributed by atoms with Crippen LogP contribution < -0.4 is 10.6 Å². The molecule has 1 fully saturated rings. The van der Waals surface area contributed by atoms with Crippen molar-refractivity contribution in [3.8, 4) is 0 Å². The summed E-state index contributed by atoms with van der Waals surface area (Å²) in [6.45, 7) is 4.60. The molecule has 1 atom stereocenters. The van der Waals surface area contributed by atoms with Gasteiger partial charge in [-0.05, 0) is 32.2 Å². The number of alkyl halides is 3. The van der Waals surface area contributed by atoms with E-state index in [0.29, 0.717) is 25.0 Å². The van der Waals surface area contributed by atoms with Gasteiger partial charge in [0.05, 0.1) is 0 Å². The first kappa shape index (κ1) is 21.0. The molecule has 1 aliphatic rings. The molecular weight excluding hydrogens is 321 g/mol. The predicted octanol–water partition coefficient (Wildman–Crippen LogP) is 2.38. The molecule has 1 unspecified atom stereocenters. The van der Waals surface area contributed by atoms with E-state index in [1.807, 2.05) is 0 Å². The molecule has 0 spiro atoms. The highest BCUT2D eigenvalue weighted by atomic mass is 19.4. The minimum atomic E-state index is -4.25. The number of likely N-dealkylation sites (tertiary alicyclic amines) is 1. The van der Waals surface area contributed by atoms with E-state index in [0.717, 1.165) is 19.6 Å². The van der Waals surface area contributed by atoms with Gasteiger partial charge in [-0.15, -0.1) is 0 Å². The first-order valence-corrected chi connectivity index (χ1v) is 8.79. The Bertz CT molecular complexity index is 364. The molecule has 142 valence electrons. The number of hydrogen-bond donors (Lipinski definition) is 2. The molecular formula is C16H31F3N4O. The van der Waals surface area contributed by atoms with Crippen molar-refractivity contribution in [2.24, 2.45) is 4.99 Å². The number of nitrogens with zero attached hydrogens (tertiary/aromatic N) is 2. The minimum Gasteiger partial charge on any atom is -0.372 e. The molecule has 0 aromatic rings. The molecule has 0 aromatic heterocycles. The highest BCUT2D eigenvalue weighted by molar-refractivity contribution is 5.79. The maximum Gasteiger partial charge on any atom is 0.411 e. The summed E-state index contributed by atoms with van der Waals surface area (Å²) in [7, 11) is 1.69. The molecule has 0 bridgehead atoms. The fraction of sp³-hybridized carbons (Fsp3) is 0.938. The number of rotatable bonds is 9. The summed E-state index contributed by atoms with van der Waals surface area (Å²) in [5, 5.41) is 6.34. The molecule has 24 heavy (non-hydrogen) atoms. The number of aliphatic imine (C=N–C) groups is 1. The second-order valence-electron chi connectivity index (χ2n) is 6.04. The van der Waals surface area contributed by atoms with Gasteiger partial charge in [-0.25, -0.2) is 0 Å². The first-order chi connectivity index (χ1) is 11.5. The van der Waals surface area contributed by atoms with Crippen molar-refractivity contribution in [3.63, 3.8) is 0 Å². The molecule has 0 aliphatic carbocycles. The number of halogens is 3. The number of guanidine groups is 1. The Morgan fingerprint density at radius 3 is 2.67 bits per heavy atom. The quantitative estimate of drug-likeness (QED) is 0.380. The summed E-state index contributed by atoms with van der Waals surface area (Å²) in [4.78, 5) is 6.64. The van der Waals surface area contributed by atoms with Crippen LogP contribution in [0.2, 0.25) is 0 Å². The summed E-state index contributed by atoms with van der Waals surface area (Å²) in [5.41, 5.74) is 0. The third kappa shape index (κ3) is 9.32. The van der Waals surface area contributed by atoms with Gasteiger partial charge in [0.2, 0.25) is 0 Å². The van der Waals surface area contributed by atoms with Gasteiger partial charge in [-0.3, -0.25) is 9.89 Å². The Morgan fingerprint density at radius 2 is 2.00 bits per heavy atom. The van der Waals surface area contributed by atoms with Crippen molar-refractivity contribution in [2.45, 2.75) is 51.2 Å². The lowest BCUT2D eigenvalue weighted by molar-refractivity contribution is -0.173. The topological polar surface area (TPSA) is 48.9 Å². The van der Waals surface area contributed by atoms with Crippen molar-refractivity contribution in [1.29, 1.82) is 0 Å². The fourth-order valence-electron chi connectivity index (χ4n) is 2.92. The lowest BCUT2D eigenvalue weighted by Crippen LogP contribution is -2.46. The Labute approximate surface area is 143 Å². The fourth-order valence-corrected chi connectivity index (χ4v) is 2.92. The van der Waals surface area contributed by atoms with Crippen LogP contribution in [0, 0.1) is 0 Å². The summed E-state index contributed by atoms with van der Waals surface area (Å²) < 4.78 is 40.3. The van der Waals surface area contributed by atoms with Gasteiger partial charge in [-0.2, -0.15) is 13.2 Å². The summed E-state index contributed by atoms with van der Waals surface area (Å²) in [5.74, 6) is 0.677. The van der Waals surface area contributed by atoms with Crippen LogP contribution in [0.1, 0.15) is 39.0 Å². The molecule has 0 amide bonds. The van der Waals surface area contributed by atoms with Gasteiger partial charge in [0.15, 0.2) is 5.96 Å². The van der Waals surface area contributed by atoms with Crippen LogP contribution in [0.25, 0.3) is 0 Å². The molecule has 8 heteroatoms. The number of piperidine rings is 1. The van der Waals surface area contributed by atoms with E-state index in [9.17, 15) is 13.2 Å². The molecule has 0 saturated carbocycles. The monoisotopic (exact) mass is 352 g/mol. The first-order valence-electron chi connectivity index (χ1n) is 8.79. The Hall–Kier alpha value is -1.02. The zero-order valence-electron chi connectivity index (χ0n) is 14.8. The van der Waals surface area contributed by atoms with Gasteiger partial charge in [0.1, 0.15) is 6.61 Å². The molecule has 1 heterocycles. The van der Waals surface area contributed by atoms with Crippen LogP contribution in [0.3, 0.4) is 0 Å². The average Bonchev–Trinajstić information content (AvgIpc) is 2.55. The van der Waals surface area contributed by atoms with Crippen LogP contribution >= 0.6 is 0 Å². The van der Waals surface area contributed by atoms with E-state index in [4.69, 9.17) is 0 Å². The van der Waals surface area contributed by atoms with Gasteiger partial charge in [0.25, 0.3) is 0 Å². The maximum absolute atomic E-state index is 11.9. The van der Waals surface area contributed by atoms with Crippen LogP contribution in [-0.2, 0) is 4.74 Å². The molecule has 1 aliphatic heterocycles. The lowest BCUT2D eigenvalue weighted by Gasteiger charge is -2.35. The third-order valence-corrected chi connectivity index (χ3v) is 4.16. The standard InChI is InChI=1S/C16H31F3N4O/c1-3-14-7-4-5-10-23(14)11-9-22-15(20-2)21-8-6-12-24-13-16(17,18)19/h14H,3-13H2,1-2H3,(H2,20,21,22). The molecule has 5 nitrogen and oxygen atoms in total. The van der Waals surface area contributed by atoms with E-state index in [1.54, 1.807) is 7.05 Å². The summed E-state index contributed by atoms with van der Waals surface area (Å²) >= 11 is 0. The van der Waals surface area contributed by atoms with Gasteiger partial charge >= 0.3 is 6.18 Å². The average molecular weight is 352 g/mol. The van der Waals surface area contributed by atoms with Crippen LogP contribution in [-0.4, -0.2) is 69.5 Å². The largest absolute Gasteiger partial charge is 0.411 e. The Balaban J connectivity index is 2.10. The lowest BCUT2D eigenvalue weighted by atomic mass is 10.0. The van der Waals surface area contributed by atoms with Crippen molar-refractivity contribution in [2.75, 3.05) is 46.4 Å². The Kier molecular flexibility index (Phi) is 10.1. The predicted molar refractivity (Wildman–Crippen MR) is 90.4 cm³/mol. The zero-order valence-corrected chi connectivity index (χ0v) is 14.8. The van der Waals surface area contributed by atoms with Crippen molar-refractivity contribution < 1.29 is 17.9 Å².